The lowest BCUT2D eigenvalue weighted by molar-refractivity contribution is -0.143. The number of esters is 1. The molecule has 0 radical (unpaired) electrons. The zero-order valence-electron chi connectivity index (χ0n) is 6.42. The van der Waals surface area contributed by atoms with Crippen molar-refractivity contribution in [3.05, 3.63) is 0 Å². The molecule has 1 aliphatic carbocycles. The Morgan fingerprint density at radius 2 is 2.27 bits per heavy atom. The molecule has 1 unspecified atom stereocenters. The van der Waals surface area contributed by atoms with Crippen molar-refractivity contribution in [3.63, 3.8) is 0 Å². The third-order valence-corrected chi connectivity index (χ3v) is 4.05. The molecule has 3 heteroatoms. The summed E-state index contributed by atoms with van der Waals surface area (Å²) < 4.78 is 5.77. The third kappa shape index (κ3) is 1.17. The van der Waals surface area contributed by atoms with Crippen LogP contribution in [-0.4, -0.2) is 16.0 Å². The van der Waals surface area contributed by atoms with Gasteiger partial charge in [-0.15, -0.1) is 0 Å². The van der Waals surface area contributed by atoms with E-state index in [0.29, 0.717) is 9.84 Å². The lowest BCUT2D eigenvalue weighted by Crippen LogP contribution is -2.28. The molecule has 0 aromatic carbocycles. The average molecular weight is 266 g/mol. The van der Waals surface area contributed by atoms with E-state index in [2.05, 4.69) is 29.5 Å². The molecule has 0 aromatic heterocycles. The van der Waals surface area contributed by atoms with Crippen LogP contribution in [0.5, 0.6) is 0 Å². The van der Waals surface area contributed by atoms with Gasteiger partial charge in [0.2, 0.25) is 0 Å². The zero-order valence-corrected chi connectivity index (χ0v) is 8.58. The number of hydrogen-bond acceptors (Lipinski definition) is 2. The highest BCUT2D eigenvalue weighted by atomic mass is 127. The van der Waals surface area contributed by atoms with Gasteiger partial charge in [-0.05, 0) is 18.8 Å². The standard InChI is InChI=1S/C8H11IO2/c1-4-2-6(9)7-3-5(4)8(10)11-7/h4-7H,2-3H2,1H3/t4-,5-,6+,7?/m1/s1. The number of halogens is 1. The Labute approximate surface area is 79.8 Å². The molecule has 2 aliphatic rings. The Morgan fingerprint density at radius 3 is 3.00 bits per heavy atom. The first-order valence-electron chi connectivity index (χ1n) is 4.03. The Hall–Kier alpha value is 0.200. The molecule has 11 heavy (non-hydrogen) atoms. The highest BCUT2D eigenvalue weighted by Gasteiger charge is 2.45. The van der Waals surface area contributed by atoms with Gasteiger partial charge in [0.05, 0.1) is 5.92 Å². The number of hydrogen-bond donors (Lipinski definition) is 0. The summed E-state index contributed by atoms with van der Waals surface area (Å²) in [5, 5.41) is 0. The molecule has 0 spiro atoms. The molecule has 1 heterocycles. The number of carbonyl (C=O) groups excluding carboxylic acids is 1. The Balaban J connectivity index is 2.20. The van der Waals surface area contributed by atoms with E-state index in [1.165, 1.54) is 0 Å². The minimum Gasteiger partial charge on any atom is -0.461 e. The highest BCUT2D eigenvalue weighted by molar-refractivity contribution is 14.1. The van der Waals surface area contributed by atoms with Crippen molar-refractivity contribution in [2.45, 2.75) is 29.8 Å². The number of alkyl halides is 1. The Bertz CT molecular complexity index is 193. The van der Waals surface area contributed by atoms with Gasteiger partial charge in [0.15, 0.2) is 0 Å². The largest absolute Gasteiger partial charge is 0.461 e. The van der Waals surface area contributed by atoms with E-state index in [4.69, 9.17) is 4.74 Å². The molecule has 1 aliphatic heterocycles. The SMILES string of the molecule is C[C@@H]1C[C@H](I)C2C[C@H]1C(=O)O2. The van der Waals surface area contributed by atoms with Gasteiger partial charge in [0.25, 0.3) is 0 Å². The van der Waals surface area contributed by atoms with Gasteiger partial charge in [0.1, 0.15) is 6.10 Å². The van der Waals surface area contributed by atoms with Crippen LogP contribution in [0.15, 0.2) is 0 Å². The summed E-state index contributed by atoms with van der Waals surface area (Å²) >= 11 is 2.39. The topological polar surface area (TPSA) is 26.3 Å². The normalized spacial score (nSPS) is 49.1. The maximum Gasteiger partial charge on any atom is 0.309 e. The van der Waals surface area contributed by atoms with Gasteiger partial charge < -0.3 is 4.74 Å². The molecule has 0 aromatic rings. The fraction of sp³-hybridized carbons (Fsp3) is 0.875. The predicted molar refractivity (Wildman–Crippen MR) is 49.6 cm³/mol. The van der Waals surface area contributed by atoms with Crippen molar-refractivity contribution in [3.8, 4) is 0 Å². The van der Waals surface area contributed by atoms with Crippen LogP contribution >= 0.6 is 22.6 Å². The van der Waals surface area contributed by atoms with Crippen molar-refractivity contribution in [2.75, 3.05) is 0 Å². The number of ether oxygens (including phenoxy) is 1. The first-order chi connectivity index (χ1) is 5.18. The Kier molecular flexibility index (Phi) is 1.85. The van der Waals surface area contributed by atoms with E-state index >= 15 is 0 Å². The second-order valence-electron chi connectivity index (χ2n) is 3.55. The van der Waals surface area contributed by atoms with Crippen molar-refractivity contribution < 1.29 is 9.53 Å². The molecule has 2 fully saturated rings. The molecule has 2 nitrogen and oxygen atoms in total. The quantitative estimate of drug-likeness (QED) is 0.379. The van der Waals surface area contributed by atoms with Gasteiger partial charge in [-0.25, -0.2) is 0 Å². The van der Waals surface area contributed by atoms with Crippen LogP contribution in [0.4, 0.5) is 0 Å². The summed E-state index contributed by atoms with van der Waals surface area (Å²) in [6, 6.07) is 0. The smallest absolute Gasteiger partial charge is 0.309 e. The lowest BCUT2D eigenvalue weighted by atomic mass is 9.81. The molecular weight excluding hydrogens is 255 g/mol. The number of fused-ring (bicyclic) bond motifs is 2. The van der Waals surface area contributed by atoms with Crippen molar-refractivity contribution in [1.29, 1.82) is 0 Å². The van der Waals surface area contributed by atoms with Gasteiger partial charge in [0, 0.05) is 3.92 Å². The summed E-state index contributed by atoms with van der Waals surface area (Å²) in [5.41, 5.74) is 0. The van der Waals surface area contributed by atoms with Crippen molar-refractivity contribution in [1.82, 2.24) is 0 Å². The first-order valence-corrected chi connectivity index (χ1v) is 5.27. The van der Waals surface area contributed by atoms with Crippen LogP contribution in [-0.2, 0) is 9.53 Å². The molecular formula is C8H11IO2. The van der Waals surface area contributed by atoms with Crippen molar-refractivity contribution in [2.24, 2.45) is 11.8 Å². The van der Waals surface area contributed by atoms with Gasteiger partial charge >= 0.3 is 5.97 Å². The molecule has 2 bridgehead atoms. The van der Waals surface area contributed by atoms with Crippen molar-refractivity contribution >= 4 is 28.6 Å². The fourth-order valence-corrected chi connectivity index (χ4v) is 3.23. The van der Waals surface area contributed by atoms with E-state index < -0.39 is 0 Å². The third-order valence-electron chi connectivity index (χ3n) is 2.74. The summed E-state index contributed by atoms with van der Waals surface area (Å²) in [5.74, 6) is 0.788. The van der Waals surface area contributed by atoms with Gasteiger partial charge in [-0.1, -0.05) is 29.5 Å². The highest BCUT2D eigenvalue weighted by Crippen LogP contribution is 2.41. The van der Waals surface area contributed by atoms with Crippen LogP contribution in [0, 0.1) is 11.8 Å². The van der Waals surface area contributed by atoms with E-state index in [1.54, 1.807) is 0 Å². The average Bonchev–Trinajstić information content (AvgIpc) is 2.26. The maximum absolute atomic E-state index is 11.2. The van der Waals surface area contributed by atoms with E-state index in [1.807, 2.05) is 0 Å². The molecule has 1 saturated heterocycles. The van der Waals surface area contributed by atoms with Gasteiger partial charge in [-0.3, -0.25) is 4.79 Å². The first kappa shape index (κ1) is 7.83. The second-order valence-corrected chi connectivity index (χ2v) is 5.15. The predicted octanol–water partition coefficient (Wildman–Crippen LogP) is 1.76. The molecule has 2 rings (SSSR count). The molecule has 0 N–H and O–H groups in total. The number of rotatable bonds is 0. The minimum absolute atomic E-state index is 0.0432. The second kappa shape index (κ2) is 2.61. The molecule has 4 atom stereocenters. The van der Waals surface area contributed by atoms with Crippen LogP contribution in [0.1, 0.15) is 19.8 Å². The summed E-state index contributed by atoms with van der Waals surface area (Å²) in [4.78, 5) is 11.2. The summed E-state index contributed by atoms with van der Waals surface area (Å²) in [7, 11) is 0. The maximum atomic E-state index is 11.2. The molecule has 1 saturated carbocycles. The van der Waals surface area contributed by atoms with E-state index in [0.717, 1.165) is 12.8 Å². The fourth-order valence-electron chi connectivity index (χ4n) is 1.99. The van der Waals surface area contributed by atoms with Gasteiger partial charge in [-0.2, -0.15) is 0 Å². The summed E-state index contributed by atoms with van der Waals surface area (Å²) in [6.45, 7) is 2.15. The monoisotopic (exact) mass is 266 g/mol. The zero-order chi connectivity index (χ0) is 8.01. The van der Waals surface area contributed by atoms with Crippen LogP contribution < -0.4 is 0 Å². The van der Waals surface area contributed by atoms with E-state index in [9.17, 15) is 4.79 Å². The minimum atomic E-state index is 0.0432. The van der Waals surface area contributed by atoms with Crippen LogP contribution in [0.2, 0.25) is 0 Å². The van der Waals surface area contributed by atoms with E-state index in [-0.39, 0.29) is 18.0 Å². The van der Waals surface area contributed by atoms with Crippen LogP contribution in [0.25, 0.3) is 0 Å². The molecule has 62 valence electrons. The van der Waals surface area contributed by atoms with Crippen LogP contribution in [0.3, 0.4) is 0 Å². The molecule has 0 amide bonds. The summed E-state index contributed by atoms with van der Waals surface area (Å²) in [6.07, 6.45) is 2.33. The Morgan fingerprint density at radius 1 is 1.55 bits per heavy atom. The lowest BCUT2D eigenvalue weighted by Gasteiger charge is -2.25. The number of carbonyl (C=O) groups is 1.